The van der Waals surface area contributed by atoms with Crippen LogP contribution in [0.5, 0.6) is 0 Å². The van der Waals surface area contributed by atoms with Crippen molar-refractivity contribution in [2.24, 2.45) is 0 Å². The van der Waals surface area contributed by atoms with Crippen molar-refractivity contribution in [2.45, 2.75) is 13.3 Å². The second-order valence-electron chi connectivity index (χ2n) is 2.61. The van der Waals surface area contributed by atoms with E-state index in [4.69, 9.17) is 0 Å². The minimum atomic E-state index is -0.0477. The third-order valence-electron chi connectivity index (χ3n) is 1.79. The molecule has 1 N–H and O–H groups in total. The highest BCUT2D eigenvalue weighted by atomic mass is 16.1. The van der Waals surface area contributed by atoms with Crippen LogP contribution in [-0.4, -0.2) is 14.6 Å². The zero-order chi connectivity index (χ0) is 8.55. The lowest BCUT2D eigenvalue weighted by Gasteiger charge is -1.88. The Kier molecular flexibility index (Phi) is 1.46. The molecule has 0 aliphatic rings. The second kappa shape index (κ2) is 2.48. The summed E-state index contributed by atoms with van der Waals surface area (Å²) in [6, 6.07) is 1.47. The van der Waals surface area contributed by atoms with Crippen molar-refractivity contribution in [1.29, 1.82) is 0 Å². The summed E-state index contributed by atoms with van der Waals surface area (Å²) in [4.78, 5) is 15.4. The number of aromatic amines is 1. The van der Waals surface area contributed by atoms with E-state index in [2.05, 4.69) is 10.1 Å². The highest BCUT2D eigenvalue weighted by molar-refractivity contribution is 5.37. The number of imidazole rings is 1. The predicted octanol–water partition coefficient (Wildman–Crippen LogP) is 0.585. The van der Waals surface area contributed by atoms with Crippen LogP contribution in [0.3, 0.4) is 0 Å². The molecule has 0 radical (unpaired) electrons. The summed E-state index contributed by atoms with van der Waals surface area (Å²) in [5, 5.41) is 2.90. The van der Waals surface area contributed by atoms with Crippen LogP contribution in [0.1, 0.15) is 12.6 Å². The first-order chi connectivity index (χ1) is 5.81. The third-order valence-corrected chi connectivity index (χ3v) is 1.79. The van der Waals surface area contributed by atoms with Gasteiger partial charge in [-0.25, -0.2) is 9.50 Å². The molecular weight excluding hydrogens is 154 g/mol. The van der Waals surface area contributed by atoms with Gasteiger partial charge in [0.05, 0.1) is 11.9 Å². The first-order valence-electron chi connectivity index (χ1n) is 3.87. The van der Waals surface area contributed by atoms with Crippen molar-refractivity contribution < 1.29 is 0 Å². The van der Waals surface area contributed by atoms with Crippen molar-refractivity contribution in [2.75, 3.05) is 0 Å². The van der Waals surface area contributed by atoms with Gasteiger partial charge in [-0.1, -0.05) is 6.92 Å². The minimum Gasteiger partial charge on any atom is -0.300 e. The van der Waals surface area contributed by atoms with Crippen molar-refractivity contribution in [1.82, 2.24) is 14.6 Å². The molecule has 2 aromatic heterocycles. The van der Waals surface area contributed by atoms with Gasteiger partial charge in [-0.05, 0) is 6.42 Å². The highest BCUT2D eigenvalue weighted by Crippen LogP contribution is 1.98. The smallest absolute Gasteiger partial charge is 0.224 e. The van der Waals surface area contributed by atoms with Crippen LogP contribution < -0.4 is 5.43 Å². The van der Waals surface area contributed by atoms with E-state index < -0.39 is 0 Å². The molecule has 0 amide bonds. The number of fused-ring (bicyclic) bond motifs is 1. The van der Waals surface area contributed by atoms with Crippen LogP contribution in [-0.2, 0) is 6.42 Å². The quantitative estimate of drug-likeness (QED) is 0.668. The number of nitrogens with zero attached hydrogens (tertiary/aromatic N) is 2. The largest absolute Gasteiger partial charge is 0.300 e. The zero-order valence-corrected chi connectivity index (χ0v) is 6.74. The van der Waals surface area contributed by atoms with E-state index in [1.165, 1.54) is 6.07 Å². The van der Waals surface area contributed by atoms with E-state index in [0.717, 1.165) is 12.1 Å². The van der Waals surface area contributed by atoms with Gasteiger partial charge in [-0.3, -0.25) is 9.89 Å². The van der Waals surface area contributed by atoms with Gasteiger partial charge in [-0.2, -0.15) is 0 Å². The number of aryl methyl sites for hydroxylation is 1. The summed E-state index contributed by atoms with van der Waals surface area (Å²) in [6.07, 6.45) is 4.28. The summed E-state index contributed by atoms with van der Waals surface area (Å²) < 4.78 is 1.64. The number of aromatic nitrogens is 3. The van der Waals surface area contributed by atoms with Crippen molar-refractivity contribution >= 4 is 5.65 Å². The molecule has 2 aromatic rings. The Labute approximate surface area is 68.8 Å². The standard InChI is InChI=1S/C8H9N3O/c1-2-6-5-11-8(10-6)7(12)3-4-9-11/h3-5,9H,2H2,1H3. The molecule has 0 atom stereocenters. The fraction of sp³-hybridized carbons (Fsp3) is 0.250. The molecule has 2 rings (SSSR count). The van der Waals surface area contributed by atoms with Crippen LogP contribution in [0.15, 0.2) is 23.3 Å². The highest BCUT2D eigenvalue weighted by Gasteiger charge is 2.01. The Balaban J connectivity index is 2.83. The Morgan fingerprint density at radius 1 is 1.67 bits per heavy atom. The maximum absolute atomic E-state index is 11.2. The molecule has 0 fully saturated rings. The van der Waals surface area contributed by atoms with Crippen LogP contribution in [0.4, 0.5) is 0 Å². The second-order valence-corrected chi connectivity index (χ2v) is 2.61. The SMILES string of the molecule is CCc1cn2[nH]ccc(=O)c2n1. The molecule has 62 valence electrons. The molecule has 0 bridgehead atoms. The van der Waals surface area contributed by atoms with Gasteiger partial charge in [0.25, 0.3) is 0 Å². The molecule has 0 unspecified atom stereocenters. The van der Waals surface area contributed by atoms with Gasteiger partial charge in [0.1, 0.15) is 0 Å². The van der Waals surface area contributed by atoms with Gasteiger partial charge in [0.15, 0.2) is 5.65 Å². The molecule has 2 heterocycles. The Morgan fingerprint density at radius 2 is 2.50 bits per heavy atom. The Bertz CT molecular complexity index is 455. The lowest BCUT2D eigenvalue weighted by molar-refractivity contribution is 0.925. The molecule has 0 spiro atoms. The van der Waals surface area contributed by atoms with Crippen LogP contribution in [0, 0.1) is 0 Å². The fourth-order valence-electron chi connectivity index (χ4n) is 1.14. The molecule has 12 heavy (non-hydrogen) atoms. The van der Waals surface area contributed by atoms with Crippen molar-refractivity contribution in [3.8, 4) is 0 Å². The average molecular weight is 163 g/mol. The lowest BCUT2D eigenvalue weighted by atomic mass is 10.4. The molecular formula is C8H9N3O. The molecule has 0 aliphatic heterocycles. The van der Waals surface area contributed by atoms with Crippen molar-refractivity contribution in [3.63, 3.8) is 0 Å². The van der Waals surface area contributed by atoms with E-state index in [-0.39, 0.29) is 5.43 Å². The molecule has 4 heteroatoms. The van der Waals surface area contributed by atoms with E-state index in [9.17, 15) is 4.79 Å². The monoisotopic (exact) mass is 163 g/mol. The summed E-state index contributed by atoms with van der Waals surface area (Å²) in [7, 11) is 0. The maximum atomic E-state index is 11.2. The third kappa shape index (κ3) is 0.922. The van der Waals surface area contributed by atoms with Gasteiger partial charge >= 0.3 is 0 Å². The number of hydrogen-bond donors (Lipinski definition) is 1. The Hall–Kier alpha value is -1.58. The minimum absolute atomic E-state index is 0.0477. The van der Waals surface area contributed by atoms with Crippen molar-refractivity contribution in [3.05, 3.63) is 34.4 Å². The van der Waals surface area contributed by atoms with Gasteiger partial charge in [0.2, 0.25) is 5.43 Å². The first-order valence-corrected chi connectivity index (χ1v) is 3.87. The summed E-state index contributed by atoms with van der Waals surface area (Å²) in [5.74, 6) is 0. The first kappa shape index (κ1) is 7.09. The van der Waals surface area contributed by atoms with E-state index in [0.29, 0.717) is 5.65 Å². The molecule has 4 nitrogen and oxygen atoms in total. The molecule has 0 aromatic carbocycles. The van der Waals surface area contributed by atoms with E-state index in [1.54, 1.807) is 10.7 Å². The van der Waals surface area contributed by atoms with Crippen LogP contribution >= 0.6 is 0 Å². The zero-order valence-electron chi connectivity index (χ0n) is 6.74. The number of nitrogens with one attached hydrogen (secondary N) is 1. The summed E-state index contributed by atoms with van der Waals surface area (Å²) in [5.41, 5.74) is 1.34. The van der Waals surface area contributed by atoms with E-state index in [1.807, 2.05) is 13.1 Å². The topological polar surface area (TPSA) is 50.2 Å². The summed E-state index contributed by atoms with van der Waals surface area (Å²) >= 11 is 0. The van der Waals surface area contributed by atoms with E-state index >= 15 is 0 Å². The number of hydrogen-bond acceptors (Lipinski definition) is 2. The van der Waals surface area contributed by atoms with Crippen LogP contribution in [0.25, 0.3) is 5.65 Å². The molecule has 0 saturated carbocycles. The maximum Gasteiger partial charge on any atom is 0.224 e. The number of rotatable bonds is 1. The predicted molar refractivity (Wildman–Crippen MR) is 45.2 cm³/mol. The molecule has 0 saturated heterocycles. The van der Waals surface area contributed by atoms with Gasteiger partial charge in [0, 0.05) is 12.3 Å². The lowest BCUT2D eigenvalue weighted by Crippen LogP contribution is -2.05. The Morgan fingerprint density at radius 3 is 3.17 bits per heavy atom. The number of H-pyrrole nitrogens is 1. The molecule has 0 aliphatic carbocycles. The average Bonchev–Trinajstić information content (AvgIpc) is 2.49. The van der Waals surface area contributed by atoms with Crippen LogP contribution in [0.2, 0.25) is 0 Å². The summed E-state index contributed by atoms with van der Waals surface area (Å²) in [6.45, 7) is 2.01. The van der Waals surface area contributed by atoms with Gasteiger partial charge in [-0.15, -0.1) is 0 Å². The normalized spacial score (nSPS) is 10.8. The fourth-order valence-corrected chi connectivity index (χ4v) is 1.14. The van der Waals surface area contributed by atoms with Gasteiger partial charge < -0.3 is 0 Å².